The van der Waals surface area contributed by atoms with E-state index in [1.165, 1.54) is 12.6 Å². The zero-order valence-corrected chi connectivity index (χ0v) is 15.6. The van der Waals surface area contributed by atoms with Crippen molar-refractivity contribution in [1.29, 1.82) is 0 Å². The zero-order valence-electron chi connectivity index (χ0n) is 13.2. The first-order valence-corrected chi connectivity index (χ1v) is 11.3. The highest BCUT2D eigenvalue weighted by molar-refractivity contribution is 7.90. The van der Waals surface area contributed by atoms with E-state index in [2.05, 4.69) is 19.7 Å². The van der Waals surface area contributed by atoms with E-state index in [0.29, 0.717) is 30.2 Å². The lowest BCUT2D eigenvalue weighted by Gasteiger charge is -2.22. The van der Waals surface area contributed by atoms with Gasteiger partial charge in [0.1, 0.15) is 27.0 Å². The van der Waals surface area contributed by atoms with Gasteiger partial charge in [-0.25, -0.2) is 27.3 Å². The maximum atomic E-state index is 12.5. The van der Waals surface area contributed by atoms with Crippen LogP contribution in [0.4, 0.5) is 0 Å². The van der Waals surface area contributed by atoms with Gasteiger partial charge in [0.25, 0.3) is 0 Å². The zero-order chi connectivity index (χ0) is 17.3. The number of hydrogen-bond acceptors (Lipinski definition) is 5. The summed E-state index contributed by atoms with van der Waals surface area (Å²) in [7, 11) is -4.20. The van der Waals surface area contributed by atoms with Crippen LogP contribution in [0.5, 0.6) is 0 Å². The van der Waals surface area contributed by atoms with Crippen LogP contribution in [0.15, 0.2) is 6.33 Å². The molecule has 0 amide bonds. The Morgan fingerprint density at radius 3 is 3.00 bits per heavy atom. The second kappa shape index (κ2) is 7.07. The van der Waals surface area contributed by atoms with Crippen molar-refractivity contribution in [2.24, 2.45) is 0 Å². The van der Waals surface area contributed by atoms with Crippen LogP contribution in [0.2, 0.25) is 5.15 Å². The molecule has 0 saturated carbocycles. The van der Waals surface area contributed by atoms with E-state index in [4.69, 9.17) is 11.6 Å². The average molecular weight is 391 g/mol. The molecule has 0 aromatic carbocycles. The number of H-pyrrole nitrogens is 1. The molecule has 0 spiro atoms. The number of fused-ring (bicyclic) bond motifs is 3. The largest absolute Gasteiger partial charge is 0.343 e. The van der Waals surface area contributed by atoms with Crippen LogP contribution >= 0.6 is 11.6 Å². The minimum atomic E-state index is -2.98. The Balaban J connectivity index is 1.66. The molecule has 0 bridgehead atoms. The van der Waals surface area contributed by atoms with Crippen molar-refractivity contribution < 1.29 is 12.6 Å². The van der Waals surface area contributed by atoms with Crippen molar-refractivity contribution in [3.63, 3.8) is 0 Å². The van der Waals surface area contributed by atoms with Crippen molar-refractivity contribution >= 4 is 43.5 Å². The van der Waals surface area contributed by atoms with Gasteiger partial charge in [-0.15, -0.1) is 0 Å². The summed E-state index contributed by atoms with van der Waals surface area (Å²) in [5.74, 6) is 0.0986. The summed E-state index contributed by atoms with van der Waals surface area (Å²) >= 11 is 6.19. The van der Waals surface area contributed by atoms with E-state index in [0.717, 1.165) is 29.5 Å². The van der Waals surface area contributed by atoms with Crippen molar-refractivity contribution in [3.8, 4) is 0 Å². The van der Waals surface area contributed by atoms with Crippen LogP contribution in [0, 0.1) is 0 Å². The number of nitrogens with zero attached hydrogens (tertiary/aromatic N) is 2. The van der Waals surface area contributed by atoms with Crippen LogP contribution in [0.1, 0.15) is 24.1 Å². The van der Waals surface area contributed by atoms with Crippen LogP contribution in [-0.2, 0) is 33.7 Å². The first-order chi connectivity index (χ1) is 11.3. The van der Waals surface area contributed by atoms with Gasteiger partial charge < -0.3 is 4.98 Å². The summed E-state index contributed by atoms with van der Waals surface area (Å²) in [6.07, 6.45) is 5.28. The summed E-state index contributed by atoms with van der Waals surface area (Å²) < 4.78 is 37.6. The van der Waals surface area contributed by atoms with Gasteiger partial charge >= 0.3 is 0 Å². The molecule has 2 aromatic heterocycles. The van der Waals surface area contributed by atoms with Crippen LogP contribution in [0.25, 0.3) is 11.0 Å². The molecule has 24 heavy (non-hydrogen) atoms. The van der Waals surface area contributed by atoms with Crippen LogP contribution in [0.3, 0.4) is 0 Å². The lowest BCUT2D eigenvalue weighted by Crippen LogP contribution is -2.33. The van der Waals surface area contributed by atoms with Gasteiger partial charge in [0, 0.05) is 18.5 Å². The Hall–Kier alpha value is -1.03. The molecule has 1 aliphatic rings. The minimum absolute atomic E-state index is 0.0361. The Morgan fingerprint density at radius 2 is 2.25 bits per heavy atom. The highest BCUT2D eigenvalue weighted by Crippen LogP contribution is 2.32. The van der Waals surface area contributed by atoms with Gasteiger partial charge in [0.05, 0.1) is 27.4 Å². The molecule has 2 N–H and O–H groups in total. The van der Waals surface area contributed by atoms with Crippen molar-refractivity contribution in [3.05, 3.63) is 22.7 Å². The molecule has 132 valence electrons. The van der Waals surface area contributed by atoms with E-state index in [1.807, 2.05) is 0 Å². The molecule has 7 nitrogen and oxygen atoms in total. The van der Waals surface area contributed by atoms with Gasteiger partial charge in [0.15, 0.2) is 0 Å². The number of aryl methyl sites for hydroxylation is 1. The van der Waals surface area contributed by atoms with Gasteiger partial charge in [-0.05, 0) is 31.2 Å². The number of aromatic amines is 1. The predicted octanol–water partition coefficient (Wildman–Crippen LogP) is 1.16. The van der Waals surface area contributed by atoms with E-state index in [1.54, 1.807) is 0 Å². The average Bonchev–Trinajstić information content (AvgIpc) is 2.89. The first kappa shape index (κ1) is 17.8. The highest BCUT2D eigenvalue weighted by Gasteiger charge is 2.28. The molecule has 2 heterocycles. The predicted molar refractivity (Wildman–Crippen MR) is 95.2 cm³/mol. The van der Waals surface area contributed by atoms with Gasteiger partial charge in [0.2, 0.25) is 0 Å². The molecule has 1 aliphatic carbocycles. The topological polar surface area (TPSA) is 105 Å². The second-order valence-corrected chi connectivity index (χ2v) is 10.2. The molecule has 2 atom stereocenters. The van der Waals surface area contributed by atoms with Gasteiger partial charge in [-0.3, -0.25) is 0 Å². The third kappa shape index (κ3) is 3.96. The second-order valence-electron chi connectivity index (χ2n) is 6.01. The van der Waals surface area contributed by atoms with E-state index in [-0.39, 0.29) is 11.0 Å². The van der Waals surface area contributed by atoms with Crippen molar-refractivity contribution in [2.45, 2.75) is 30.9 Å². The van der Waals surface area contributed by atoms with Crippen molar-refractivity contribution in [1.82, 2.24) is 19.7 Å². The molecule has 10 heteroatoms. The van der Waals surface area contributed by atoms with E-state index in [9.17, 15) is 12.6 Å². The quantitative estimate of drug-likeness (QED) is 0.568. The maximum absolute atomic E-state index is 12.5. The Labute approximate surface area is 148 Å². The molecule has 0 radical (unpaired) electrons. The molecule has 0 fully saturated rings. The summed E-state index contributed by atoms with van der Waals surface area (Å²) in [4.78, 5) is 11.5. The highest BCUT2D eigenvalue weighted by atomic mass is 35.5. The lowest BCUT2D eigenvalue weighted by atomic mass is 9.96. The number of rotatable bonds is 6. The number of nitrogens with one attached hydrogen (secondary N) is 2. The smallest absolute Gasteiger partial charge is 0.147 e. The van der Waals surface area contributed by atoms with Crippen LogP contribution in [-0.4, -0.2) is 51.4 Å². The monoisotopic (exact) mass is 390 g/mol. The third-order valence-electron chi connectivity index (χ3n) is 4.12. The Bertz CT molecular complexity index is 882. The fourth-order valence-corrected chi connectivity index (χ4v) is 5.12. The first-order valence-electron chi connectivity index (χ1n) is 7.67. The molecule has 3 rings (SSSR count). The number of hydrogen-bond donors (Lipinski definition) is 2. The molecular formula is C14H19ClN4O3S2. The minimum Gasteiger partial charge on any atom is -0.343 e. The number of aromatic nitrogens is 3. The maximum Gasteiger partial charge on any atom is 0.147 e. The Morgan fingerprint density at radius 1 is 1.46 bits per heavy atom. The SMILES string of the molecule is CS(=O)(=O)CCCNS(=O)C1CCc2[nH]c3ncnc(Cl)c3c2C1. The molecular weight excluding hydrogens is 372 g/mol. The lowest BCUT2D eigenvalue weighted by molar-refractivity contribution is 0.597. The van der Waals surface area contributed by atoms with Crippen LogP contribution < -0.4 is 4.72 Å². The fraction of sp³-hybridized carbons (Fsp3) is 0.571. The van der Waals surface area contributed by atoms with Gasteiger partial charge in [-0.2, -0.15) is 0 Å². The summed E-state index contributed by atoms with van der Waals surface area (Å²) in [5.41, 5.74) is 2.84. The molecule has 0 saturated heterocycles. The molecule has 2 aromatic rings. The van der Waals surface area contributed by atoms with Crippen molar-refractivity contribution in [2.75, 3.05) is 18.6 Å². The summed E-state index contributed by atoms with van der Waals surface area (Å²) in [5, 5.41) is 1.18. The fourth-order valence-electron chi connectivity index (χ4n) is 2.98. The number of sulfone groups is 1. The Kier molecular flexibility index (Phi) is 5.24. The number of halogens is 1. The van der Waals surface area contributed by atoms with Gasteiger partial charge in [-0.1, -0.05) is 11.6 Å². The standard InChI is InChI=1S/C14H19ClN4O3S2/c1-24(21,22)6-2-5-18-23(20)9-3-4-11-10(7-9)12-13(15)16-8-17-14(12)19-11/h8-9,18H,2-7H2,1H3,(H,16,17,19). The molecule has 0 aliphatic heterocycles. The summed E-state index contributed by atoms with van der Waals surface area (Å²) in [6.45, 7) is 0.417. The van der Waals surface area contributed by atoms with E-state index >= 15 is 0 Å². The third-order valence-corrected chi connectivity index (χ3v) is 6.94. The summed E-state index contributed by atoms with van der Waals surface area (Å²) in [6, 6.07) is 0. The normalized spacial score (nSPS) is 19.3. The molecule has 2 unspecified atom stereocenters. The van der Waals surface area contributed by atoms with E-state index < -0.39 is 20.8 Å².